The van der Waals surface area contributed by atoms with Crippen molar-refractivity contribution in [1.29, 1.82) is 0 Å². The van der Waals surface area contributed by atoms with E-state index in [4.69, 9.17) is 10.5 Å². The summed E-state index contributed by atoms with van der Waals surface area (Å²) in [6, 6.07) is 6.08. The predicted molar refractivity (Wildman–Crippen MR) is 77.7 cm³/mol. The summed E-state index contributed by atoms with van der Waals surface area (Å²) in [4.78, 5) is 0. The van der Waals surface area contributed by atoms with E-state index in [0.29, 0.717) is 11.6 Å². The number of nitrogens with zero attached hydrogens (tertiary/aromatic N) is 2. The first-order valence-corrected chi connectivity index (χ1v) is 6.47. The number of nitrogens with two attached hydrogens (primary N) is 1. The van der Waals surface area contributed by atoms with Gasteiger partial charge in [0, 0.05) is 7.05 Å². The maximum absolute atomic E-state index is 6.12. The van der Waals surface area contributed by atoms with E-state index < -0.39 is 0 Å². The Labute approximate surface area is 114 Å². The smallest absolute Gasteiger partial charge is 0.241 e. The van der Waals surface area contributed by atoms with Gasteiger partial charge >= 0.3 is 0 Å². The summed E-state index contributed by atoms with van der Waals surface area (Å²) >= 11 is 0. The molecule has 1 aromatic carbocycles. The molecule has 0 unspecified atom stereocenters. The molecule has 0 spiro atoms. The van der Waals surface area contributed by atoms with Gasteiger partial charge in [-0.25, -0.2) is 4.68 Å². The minimum Gasteiger partial charge on any atom is -0.437 e. The van der Waals surface area contributed by atoms with Crippen LogP contribution >= 0.6 is 0 Å². The van der Waals surface area contributed by atoms with Crippen molar-refractivity contribution < 1.29 is 4.74 Å². The zero-order valence-electron chi connectivity index (χ0n) is 12.2. The lowest BCUT2D eigenvalue weighted by molar-refractivity contribution is 0.429. The first-order chi connectivity index (χ1) is 8.90. The Morgan fingerprint density at radius 3 is 2.47 bits per heavy atom. The predicted octanol–water partition coefficient (Wildman–Crippen LogP) is 3.53. The largest absolute Gasteiger partial charge is 0.437 e. The molecular formula is C15H21N3O. The maximum Gasteiger partial charge on any atom is 0.241 e. The van der Waals surface area contributed by atoms with Gasteiger partial charge in [0.1, 0.15) is 11.4 Å². The lowest BCUT2D eigenvalue weighted by Crippen LogP contribution is -1.98. The number of hydrogen-bond donors (Lipinski definition) is 1. The molecule has 0 saturated carbocycles. The van der Waals surface area contributed by atoms with Crippen LogP contribution in [0.3, 0.4) is 0 Å². The number of benzene rings is 1. The van der Waals surface area contributed by atoms with Gasteiger partial charge in [0.2, 0.25) is 5.88 Å². The van der Waals surface area contributed by atoms with Crippen LogP contribution in [0.15, 0.2) is 18.2 Å². The minimum absolute atomic E-state index is 0.280. The second kappa shape index (κ2) is 4.96. The van der Waals surface area contributed by atoms with Gasteiger partial charge in [0.15, 0.2) is 0 Å². The maximum atomic E-state index is 6.12. The topological polar surface area (TPSA) is 53.1 Å². The highest BCUT2D eigenvalue weighted by atomic mass is 16.5. The van der Waals surface area contributed by atoms with Crippen LogP contribution in [0.25, 0.3) is 0 Å². The summed E-state index contributed by atoms with van der Waals surface area (Å²) < 4.78 is 7.63. The molecule has 0 fully saturated rings. The van der Waals surface area contributed by atoms with E-state index in [0.717, 1.165) is 17.0 Å². The minimum atomic E-state index is 0.280. The van der Waals surface area contributed by atoms with Crippen molar-refractivity contribution in [3.05, 3.63) is 35.0 Å². The van der Waals surface area contributed by atoms with Crippen LogP contribution in [0.2, 0.25) is 0 Å². The summed E-state index contributed by atoms with van der Waals surface area (Å²) in [5, 5.41) is 4.42. The molecule has 0 aliphatic heterocycles. The average Bonchev–Trinajstić information content (AvgIpc) is 2.60. The van der Waals surface area contributed by atoms with Crippen LogP contribution in [0.1, 0.15) is 36.6 Å². The number of ether oxygens (including phenoxy) is 1. The monoisotopic (exact) mass is 259 g/mol. The lowest BCUT2D eigenvalue weighted by atomic mass is 10.1. The summed E-state index contributed by atoms with van der Waals surface area (Å²) in [6.45, 7) is 8.23. The van der Waals surface area contributed by atoms with E-state index in [9.17, 15) is 0 Å². The van der Waals surface area contributed by atoms with Crippen molar-refractivity contribution in [3.8, 4) is 11.6 Å². The third-order valence-corrected chi connectivity index (χ3v) is 3.14. The van der Waals surface area contributed by atoms with Crippen LogP contribution < -0.4 is 10.5 Å². The third kappa shape index (κ3) is 2.57. The standard InChI is InChI=1S/C15H21N3O/c1-9(2)14-13(16)15(18(5)17-14)19-12-7-6-10(3)8-11(12)4/h6-9H,16H2,1-5H3. The molecule has 0 saturated heterocycles. The number of rotatable bonds is 3. The fourth-order valence-electron chi connectivity index (χ4n) is 2.11. The average molecular weight is 259 g/mol. The molecule has 102 valence electrons. The zero-order chi connectivity index (χ0) is 14.2. The Morgan fingerprint density at radius 1 is 1.26 bits per heavy atom. The van der Waals surface area contributed by atoms with Crippen molar-refractivity contribution in [3.63, 3.8) is 0 Å². The van der Waals surface area contributed by atoms with E-state index in [1.807, 2.05) is 26.1 Å². The molecule has 0 amide bonds. The molecule has 19 heavy (non-hydrogen) atoms. The molecule has 0 aliphatic carbocycles. The van der Waals surface area contributed by atoms with Crippen molar-refractivity contribution in [2.45, 2.75) is 33.6 Å². The molecule has 2 rings (SSSR count). The highest BCUT2D eigenvalue weighted by Crippen LogP contribution is 2.34. The molecule has 2 aromatic rings. The molecule has 0 radical (unpaired) electrons. The fourth-order valence-corrected chi connectivity index (χ4v) is 2.11. The number of nitrogen functional groups attached to an aromatic ring is 1. The third-order valence-electron chi connectivity index (χ3n) is 3.14. The van der Waals surface area contributed by atoms with Crippen LogP contribution in [0.5, 0.6) is 11.6 Å². The first-order valence-electron chi connectivity index (χ1n) is 6.47. The number of aromatic nitrogens is 2. The molecule has 0 aliphatic rings. The second-order valence-corrected chi connectivity index (χ2v) is 5.25. The van der Waals surface area contributed by atoms with Gasteiger partial charge in [-0.3, -0.25) is 0 Å². The summed E-state index contributed by atoms with van der Waals surface area (Å²) in [5.41, 5.74) is 9.93. The van der Waals surface area contributed by atoms with E-state index in [-0.39, 0.29) is 5.92 Å². The van der Waals surface area contributed by atoms with Crippen LogP contribution in [0, 0.1) is 13.8 Å². The van der Waals surface area contributed by atoms with Crippen LogP contribution in [0.4, 0.5) is 5.69 Å². The van der Waals surface area contributed by atoms with Gasteiger partial charge in [-0.2, -0.15) is 5.10 Å². The molecule has 1 heterocycles. The van der Waals surface area contributed by atoms with E-state index in [1.54, 1.807) is 4.68 Å². The fraction of sp³-hybridized carbons (Fsp3) is 0.400. The Bertz CT molecular complexity index is 600. The molecule has 1 aromatic heterocycles. The Balaban J connectivity index is 2.38. The normalized spacial score (nSPS) is 11.1. The van der Waals surface area contributed by atoms with E-state index >= 15 is 0 Å². The lowest BCUT2D eigenvalue weighted by Gasteiger charge is -2.10. The van der Waals surface area contributed by atoms with E-state index in [1.165, 1.54) is 5.56 Å². The SMILES string of the molecule is Cc1ccc(Oc2c(N)c(C(C)C)nn2C)c(C)c1. The molecule has 4 heteroatoms. The zero-order valence-corrected chi connectivity index (χ0v) is 12.2. The molecule has 0 atom stereocenters. The van der Waals surface area contributed by atoms with Gasteiger partial charge in [-0.05, 0) is 31.4 Å². The van der Waals surface area contributed by atoms with Gasteiger partial charge in [-0.15, -0.1) is 0 Å². The summed E-state index contributed by atoms with van der Waals surface area (Å²) in [6.07, 6.45) is 0. The molecular weight excluding hydrogens is 238 g/mol. The van der Waals surface area contributed by atoms with Crippen molar-refractivity contribution in [2.75, 3.05) is 5.73 Å². The molecule has 0 bridgehead atoms. The first kappa shape index (κ1) is 13.5. The Morgan fingerprint density at radius 2 is 1.95 bits per heavy atom. The van der Waals surface area contributed by atoms with Gasteiger partial charge in [0.25, 0.3) is 0 Å². The summed E-state index contributed by atoms with van der Waals surface area (Å²) in [5.74, 6) is 1.70. The van der Waals surface area contributed by atoms with E-state index in [2.05, 4.69) is 31.9 Å². The highest BCUT2D eigenvalue weighted by molar-refractivity contribution is 5.56. The molecule has 2 N–H and O–H groups in total. The molecule has 4 nitrogen and oxygen atoms in total. The number of aryl methyl sites for hydroxylation is 3. The number of anilines is 1. The van der Waals surface area contributed by atoms with Gasteiger partial charge < -0.3 is 10.5 Å². The van der Waals surface area contributed by atoms with Crippen molar-refractivity contribution in [2.24, 2.45) is 7.05 Å². The van der Waals surface area contributed by atoms with Gasteiger partial charge in [0.05, 0.1) is 5.69 Å². The van der Waals surface area contributed by atoms with Crippen LogP contribution in [-0.4, -0.2) is 9.78 Å². The Kier molecular flexibility index (Phi) is 3.51. The Hall–Kier alpha value is -1.97. The van der Waals surface area contributed by atoms with Crippen LogP contribution in [-0.2, 0) is 7.05 Å². The highest BCUT2D eigenvalue weighted by Gasteiger charge is 2.18. The summed E-state index contributed by atoms with van der Waals surface area (Å²) in [7, 11) is 1.85. The second-order valence-electron chi connectivity index (χ2n) is 5.25. The quantitative estimate of drug-likeness (QED) is 0.917. The van der Waals surface area contributed by atoms with Crippen molar-refractivity contribution in [1.82, 2.24) is 9.78 Å². The van der Waals surface area contributed by atoms with Crippen molar-refractivity contribution >= 4 is 5.69 Å². The number of hydrogen-bond acceptors (Lipinski definition) is 3. The van der Waals surface area contributed by atoms with Gasteiger partial charge in [-0.1, -0.05) is 31.5 Å².